The van der Waals surface area contributed by atoms with Gasteiger partial charge in [-0.1, -0.05) is 6.92 Å². The molecule has 3 aromatic rings. The van der Waals surface area contributed by atoms with E-state index in [1.165, 1.54) is 4.88 Å². The molecule has 0 saturated carbocycles. The summed E-state index contributed by atoms with van der Waals surface area (Å²) >= 11 is 1.58. The number of hydrogen-bond donors (Lipinski definition) is 0. The summed E-state index contributed by atoms with van der Waals surface area (Å²) in [6, 6.07) is 1.94. The van der Waals surface area contributed by atoms with E-state index in [2.05, 4.69) is 21.9 Å². The molecule has 0 fully saturated rings. The number of rotatable bonds is 3. The smallest absolute Gasteiger partial charge is 0.262 e. The van der Waals surface area contributed by atoms with E-state index in [9.17, 15) is 4.79 Å². The van der Waals surface area contributed by atoms with Gasteiger partial charge in [0.15, 0.2) is 0 Å². The molecular formula is C14H14N4OS. The van der Waals surface area contributed by atoms with Crippen molar-refractivity contribution in [1.29, 1.82) is 0 Å². The predicted octanol–water partition coefficient (Wildman–Crippen LogP) is 2.17. The lowest BCUT2D eigenvalue weighted by atomic mass is 10.3. The van der Waals surface area contributed by atoms with E-state index >= 15 is 0 Å². The van der Waals surface area contributed by atoms with Gasteiger partial charge in [0.25, 0.3) is 5.56 Å². The largest absolute Gasteiger partial charge is 0.293 e. The van der Waals surface area contributed by atoms with Gasteiger partial charge in [0.05, 0.1) is 35.8 Å². The fourth-order valence-corrected chi connectivity index (χ4v) is 2.90. The molecule has 0 atom stereocenters. The van der Waals surface area contributed by atoms with Gasteiger partial charge in [-0.3, -0.25) is 19.3 Å². The molecule has 3 aromatic heterocycles. The highest BCUT2D eigenvalue weighted by Crippen LogP contribution is 2.21. The first-order chi connectivity index (χ1) is 9.67. The fourth-order valence-electron chi connectivity index (χ4n) is 1.97. The van der Waals surface area contributed by atoms with Gasteiger partial charge in [-0.2, -0.15) is 0 Å². The lowest BCUT2D eigenvalue weighted by Gasteiger charge is -2.04. The molecule has 20 heavy (non-hydrogen) atoms. The van der Waals surface area contributed by atoms with Crippen LogP contribution in [0.25, 0.3) is 10.2 Å². The van der Waals surface area contributed by atoms with Crippen LogP contribution in [0.3, 0.4) is 0 Å². The molecule has 0 N–H and O–H groups in total. The Morgan fingerprint density at radius 3 is 2.80 bits per heavy atom. The van der Waals surface area contributed by atoms with E-state index in [1.807, 2.05) is 13.0 Å². The molecule has 3 rings (SSSR count). The molecule has 0 spiro atoms. The molecule has 0 bridgehead atoms. The van der Waals surface area contributed by atoms with Crippen LogP contribution in [0.1, 0.15) is 23.2 Å². The molecule has 3 heterocycles. The van der Waals surface area contributed by atoms with Crippen LogP contribution in [0.2, 0.25) is 0 Å². The summed E-state index contributed by atoms with van der Waals surface area (Å²) in [6.45, 7) is 4.35. The van der Waals surface area contributed by atoms with Gasteiger partial charge in [-0.15, -0.1) is 11.3 Å². The number of thiophene rings is 1. The number of aromatic nitrogens is 4. The van der Waals surface area contributed by atoms with Gasteiger partial charge in [-0.25, -0.2) is 4.98 Å². The number of aryl methyl sites for hydroxylation is 2. The number of fused-ring (bicyclic) bond motifs is 1. The molecule has 102 valence electrons. The molecule has 0 unspecified atom stereocenters. The monoisotopic (exact) mass is 286 g/mol. The van der Waals surface area contributed by atoms with E-state index < -0.39 is 0 Å². The van der Waals surface area contributed by atoms with Crippen molar-refractivity contribution >= 4 is 21.6 Å². The first-order valence-corrected chi connectivity index (χ1v) is 7.24. The second-order valence-electron chi connectivity index (χ2n) is 4.61. The van der Waals surface area contributed by atoms with Crippen molar-refractivity contribution in [2.45, 2.75) is 26.8 Å². The molecule has 0 saturated heterocycles. The van der Waals surface area contributed by atoms with E-state index in [-0.39, 0.29) is 5.56 Å². The average Bonchev–Trinajstić information content (AvgIpc) is 2.88. The molecule has 0 amide bonds. The Balaban J connectivity index is 2.01. The van der Waals surface area contributed by atoms with E-state index in [0.717, 1.165) is 22.6 Å². The maximum absolute atomic E-state index is 12.4. The molecule has 0 aliphatic heterocycles. The Morgan fingerprint density at radius 1 is 1.25 bits per heavy atom. The van der Waals surface area contributed by atoms with Gasteiger partial charge >= 0.3 is 0 Å². The van der Waals surface area contributed by atoms with E-state index in [0.29, 0.717) is 11.9 Å². The summed E-state index contributed by atoms with van der Waals surface area (Å²) < 4.78 is 1.58. The quantitative estimate of drug-likeness (QED) is 0.740. The maximum atomic E-state index is 12.4. The van der Waals surface area contributed by atoms with Gasteiger partial charge in [-0.05, 0) is 19.4 Å². The van der Waals surface area contributed by atoms with Crippen LogP contribution in [-0.4, -0.2) is 19.5 Å². The van der Waals surface area contributed by atoms with E-state index in [1.54, 1.807) is 34.6 Å². The first kappa shape index (κ1) is 12.9. The third kappa shape index (κ3) is 2.34. The number of nitrogens with zero attached hydrogens (tertiary/aromatic N) is 4. The average molecular weight is 286 g/mol. The highest BCUT2D eigenvalue weighted by Gasteiger charge is 2.09. The summed E-state index contributed by atoms with van der Waals surface area (Å²) in [5, 5.41) is 0.689. The van der Waals surface area contributed by atoms with Gasteiger partial charge in [0.2, 0.25) is 0 Å². The molecular weight excluding hydrogens is 272 g/mol. The Morgan fingerprint density at radius 2 is 2.10 bits per heavy atom. The first-order valence-electron chi connectivity index (χ1n) is 6.42. The van der Waals surface area contributed by atoms with Crippen molar-refractivity contribution in [3.8, 4) is 0 Å². The Bertz CT molecular complexity index is 804. The minimum atomic E-state index is -0.0201. The lowest BCUT2D eigenvalue weighted by molar-refractivity contribution is 0.725. The normalized spacial score (nSPS) is 11.1. The van der Waals surface area contributed by atoms with Crippen LogP contribution in [0.5, 0.6) is 0 Å². The van der Waals surface area contributed by atoms with Crippen molar-refractivity contribution < 1.29 is 0 Å². The van der Waals surface area contributed by atoms with E-state index in [4.69, 9.17) is 0 Å². The van der Waals surface area contributed by atoms with Gasteiger partial charge < -0.3 is 0 Å². The Hall–Kier alpha value is -2.08. The highest BCUT2D eigenvalue weighted by molar-refractivity contribution is 7.18. The Kier molecular flexibility index (Phi) is 3.31. The zero-order chi connectivity index (χ0) is 14.1. The predicted molar refractivity (Wildman–Crippen MR) is 79.1 cm³/mol. The van der Waals surface area contributed by atoms with Crippen molar-refractivity contribution in [3.63, 3.8) is 0 Å². The van der Waals surface area contributed by atoms with Crippen LogP contribution in [-0.2, 0) is 13.0 Å². The summed E-state index contributed by atoms with van der Waals surface area (Å²) in [4.78, 5) is 27.2. The van der Waals surface area contributed by atoms with Crippen molar-refractivity contribution in [2.24, 2.45) is 0 Å². The van der Waals surface area contributed by atoms with Crippen LogP contribution >= 0.6 is 11.3 Å². The van der Waals surface area contributed by atoms with Crippen LogP contribution in [0, 0.1) is 6.92 Å². The Labute approximate surface area is 120 Å². The molecule has 5 nitrogen and oxygen atoms in total. The second kappa shape index (κ2) is 5.13. The van der Waals surface area contributed by atoms with Gasteiger partial charge in [0.1, 0.15) is 4.83 Å². The molecule has 0 aliphatic carbocycles. The molecule has 0 aromatic carbocycles. The van der Waals surface area contributed by atoms with Crippen LogP contribution < -0.4 is 5.56 Å². The van der Waals surface area contributed by atoms with Crippen molar-refractivity contribution in [3.05, 3.63) is 51.4 Å². The van der Waals surface area contributed by atoms with Crippen molar-refractivity contribution in [1.82, 2.24) is 19.5 Å². The standard InChI is InChI=1S/C14H14N4OS/c1-3-11-4-12-13(20-11)17-8-18(14(12)19)7-10-6-15-9(2)5-16-10/h4-6,8H,3,7H2,1-2H3. The SMILES string of the molecule is CCc1cc2c(=O)n(Cc3cnc(C)cn3)cnc2s1. The molecule has 6 heteroatoms. The summed E-state index contributed by atoms with van der Waals surface area (Å²) in [7, 11) is 0. The maximum Gasteiger partial charge on any atom is 0.262 e. The zero-order valence-electron chi connectivity index (χ0n) is 11.3. The zero-order valence-corrected chi connectivity index (χ0v) is 12.1. The van der Waals surface area contributed by atoms with Crippen LogP contribution in [0.15, 0.2) is 29.6 Å². The van der Waals surface area contributed by atoms with Gasteiger partial charge in [0, 0.05) is 11.1 Å². The molecule has 0 aliphatic rings. The third-order valence-corrected chi connectivity index (χ3v) is 4.27. The fraction of sp³-hybridized carbons (Fsp3) is 0.286. The summed E-state index contributed by atoms with van der Waals surface area (Å²) in [6.07, 6.45) is 5.90. The van der Waals surface area contributed by atoms with Crippen molar-refractivity contribution in [2.75, 3.05) is 0 Å². The van der Waals surface area contributed by atoms with Crippen LogP contribution in [0.4, 0.5) is 0 Å². The lowest BCUT2D eigenvalue weighted by Crippen LogP contribution is -2.21. The molecule has 0 radical (unpaired) electrons. The number of hydrogen-bond acceptors (Lipinski definition) is 5. The minimum Gasteiger partial charge on any atom is -0.293 e. The summed E-state index contributed by atoms with van der Waals surface area (Å²) in [5.74, 6) is 0. The minimum absolute atomic E-state index is 0.0201. The third-order valence-electron chi connectivity index (χ3n) is 3.08. The second-order valence-corrected chi connectivity index (χ2v) is 5.73. The topological polar surface area (TPSA) is 60.7 Å². The summed E-state index contributed by atoms with van der Waals surface area (Å²) in [5.41, 5.74) is 1.60. The highest BCUT2D eigenvalue weighted by atomic mass is 32.1.